The second-order valence-corrected chi connectivity index (χ2v) is 6.82. The van der Waals surface area contributed by atoms with Crippen LogP contribution in [0, 0.1) is 0 Å². The van der Waals surface area contributed by atoms with Crippen LogP contribution >= 0.6 is 0 Å². The molecule has 110 valence electrons. The summed E-state index contributed by atoms with van der Waals surface area (Å²) in [6, 6.07) is 8.97. The van der Waals surface area contributed by atoms with Crippen molar-refractivity contribution in [1.29, 1.82) is 0 Å². The number of hydrogen-bond donors (Lipinski definition) is 0. The number of benzene rings is 1. The molecule has 0 spiro atoms. The first-order chi connectivity index (χ1) is 10.2. The molecule has 0 bridgehead atoms. The van der Waals surface area contributed by atoms with Gasteiger partial charge >= 0.3 is 0 Å². The van der Waals surface area contributed by atoms with Gasteiger partial charge in [-0.3, -0.25) is 0 Å². The second kappa shape index (κ2) is 5.11. The number of nitrogens with zero attached hydrogens (tertiary/aromatic N) is 1. The van der Waals surface area contributed by atoms with Crippen molar-refractivity contribution in [3.05, 3.63) is 58.7 Å². The molecule has 0 amide bonds. The van der Waals surface area contributed by atoms with Crippen molar-refractivity contribution < 1.29 is 4.74 Å². The lowest BCUT2D eigenvalue weighted by Crippen LogP contribution is -2.26. The molecule has 0 N–H and O–H groups in total. The average Bonchev–Trinajstić information content (AvgIpc) is 3.03. The molecule has 0 saturated carbocycles. The summed E-state index contributed by atoms with van der Waals surface area (Å²) in [4.78, 5) is 2.24. The molecule has 1 aromatic carbocycles. The maximum Gasteiger partial charge on any atom is 0.0867 e. The number of ether oxygens (including phenoxy) is 1. The molecule has 0 aromatic heterocycles. The molecule has 21 heavy (non-hydrogen) atoms. The minimum Gasteiger partial charge on any atom is -0.369 e. The molecular weight excluding hydrogens is 258 g/mol. The van der Waals surface area contributed by atoms with E-state index >= 15 is 0 Å². The van der Waals surface area contributed by atoms with Crippen LogP contribution in [0.15, 0.2) is 47.6 Å². The molecule has 1 aliphatic heterocycles. The van der Waals surface area contributed by atoms with Crippen LogP contribution in [0.3, 0.4) is 0 Å². The van der Waals surface area contributed by atoms with Crippen molar-refractivity contribution in [2.45, 2.75) is 37.4 Å². The first kappa shape index (κ1) is 13.3. The van der Waals surface area contributed by atoms with Crippen molar-refractivity contribution in [1.82, 2.24) is 4.90 Å². The fourth-order valence-corrected chi connectivity index (χ4v) is 4.20. The first-order valence-electron chi connectivity index (χ1n) is 7.99. The van der Waals surface area contributed by atoms with E-state index in [2.05, 4.69) is 55.4 Å². The fourth-order valence-electron chi connectivity index (χ4n) is 4.20. The van der Waals surface area contributed by atoms with E-state index in [1.54, 1.807) is 0 Å². The van der Waals surface area contributed by atoms with Gasteiger partial charge in [-0.2, -0.15) is 0 Å². The van der Waals surface area contributed by atoms with Crippen molar-refractivity contribution in [3.63, 3.8) is 0 Å². The van der Waals surface area contributed by atoms with E-state index in [1.165, 1.54) is 22.3 Å². The highest BCUT2D eigenvalue weighted by atomic mass is 16.5. The summed E-state index contributed by atoms with van der Waals surface area (Å²) in [5, 5.41) is 0. The van der Waals surface area contributed by atoms with Gasteiger partial charge in [0, 0.05) is 12.5 Å². The van der Waals surface area contributed by atoms with Gasteiger partial charge in [0.25, 0.3) is 0 Å². The highest BCUT2D eigenvalue weighted by molar-refractivity contribution is 5.48. The quantitative estimate of drug-likeness (QED) is 0.824. The van der Waals surface area contributed by atoms with Crippen LogP contribution in [0.2, 0.25) is 0 Å². The van der Waals surface area contributed by atoms with E-state index in [0.29, 0.717) is 18.1 Å². The van der Waals surface area contributed by atoms with Gasteiger partial charge < -0.3 is 9.64 Å². The Hall–Kier alpha value is -1.38. The maximum absolute atomic E-state index is 6.49. The molecule has 3 unspecified atom stereocenters. The third-order valence-electron chi connectivity index (χ3n) is 5.04. The van der Waals surface area contributed by atoms with Gasteiger partial charge in [-0.15, -0.1) is 0 Å². The largest absolute Gasteiger partial charge is 0.369 e. The third-order valence-corrected chi connectivity index (χ3v) is 5.04. The molecule has 2 heteroatoms. The number of allylic oxidation sites excluding steroid dienone is 3. The summed E-state index contributed by atoms with van der Waals surface area (Å²) in [5.74, 6) is 0.540. The Morgan fingerprint density at radius 1 is 1.24 bits per heavy atom. The SMILES string of the molecule is CN(C)CC1CC2c3ccccc3CC3=C(CC=C3)C2O1. The Labute approximate surface area is 127 Å². The Bertz CT molecular complexity index is 614. The highest BCUT2D eigenvalue weighted by Crippen LogP contribution is 2.46. The molecule has 2 aliphatic carbocycles. The van der Waals surface area contributed by atoms with E-state index in [9.17, 15) is 0 Å². The van der Waals surface area contributed by atoms with Gasteiger partial charge in [0.05, 0.1) is 12.2 Å². The highest BCUT2D eigenvalue weighted by Gasteiger charge is 2.41. The van der Waals surface area contributed by atoms with E-state index in [4.69, 9.17) is 4.74 Å². The van der Waals surface area contributed by atoms with E-state index in [-0.39, 0.29) is 0 Å². The number of rotatable bonds is 2. The van der Waals surface area contributed by atoms with Gasteiger partial charge in [-0.1, -0.05) is 36.4 Å². The summed E-state index contributed by atoms with van der Waals surface area (Å²) in [7, 11) is 4.26. The lowest BCUT2D eigenvalue weighted by atomic mass is 9.86. The van der Waals surface area contributed by atoms with Crippen LogP contribution < -0.4 is 0 Å². The molecule has 1 saturated heterocycles. The smallest absolute Gasteiger partial charge is 0.0867 e. The summed E-state index contributed by atoms with van der Waals surface area (Å²) < 4.78 is 6.49. The zero-order valence-electron chi connectivity index (χ0n) is 12.9. The lowest BCUT2D eigenvalue weighted by Gasteiger charge is -2.20. The second-order valence-electron chi connectivity index (χ2n) is 6.82. The van der Waals surface area contributed by atoms with Crippen LogP contribution in [0.25, 0.3) is 0 Å². The molecule has 1 heterocycles. The first-order valence-corrected chi connectivity index (χ1v) is 7.99. The molecule has 4 rings (SSSR count). The molecular formula is C19H23NO. The molecule has 1 aromatic rings. The standard InChI is InChI=1S/C19H23NO/c1-20(2)12-15-11-18-16-8-4-3-6-13(16)10-14-7-5-9-17(14)19(18)21-15/h3-8,15,18-19H,9-12H2,1-2H3. The Balaban J connectivity index is 1.73. The van der Waals surface area contributed by atoms with Gasteiger partial charge in [0.15, 0.2) is 0 Å². The predicted octanol–water partition coefficient (Wildman–Crippen LogP) is 3.30. The maximum atomic E-state index is 6.49. The summed E-state index contributed by atoms with van der Waals surface area (Å²) in [5.41, 5.74) is 6.06. The van der Waals surface area contributed by atoms with Crippen LogP contribution in [-0.2, 0) is 11.2 Å². The van der Waals surface area contributed by atoms with Crippen LogP contribution in [0.4, 0.5) is 0 Å². The zero-order chi connectivity index (χ0) is 14.4. The third kappa shape index (κ3) is 2.27. The summed E-state index contributed by atoms with van der Waals surface area (Å²) >= 11 is 0. The van der Waals surface area contributed by atoms with Crippen molar-refractivity contribution in [2.24, 2.45) is 0 Å². The van der Waals surface area contributed by atoms with Crippen molar-refractivity contribution >= 4 is 0 Å². The summed E-state index contributed by atoms with van der Waals surface area (Å²) in [6.45, 7) is 1.02. The number of likely N-dealkylation sites (N-methyl/N-ethyl adjacent to an activating group) is 1. The molecule has 3 atom stereocenters. The minimum atomic E-state index is 0.295. The van der Waals surface area contributed by atoms with Crippen LogP contribution in [-0.4, -0.2) is 37.7 Å². The number of fused-ring (bicyclic) bond motifs is 4. The molecule has 2 nitrogen and oxygen atoms in total. The average molecular weight is 281 g/mol. The van der Waals surface area contributed by atoms with Crippen molar-refractivity contribution in [3.8, 4) is 0 Å². The van der Waals surface area contributed by atoms with Crippen molar-refractivity contribution in [2.75, 3.05) is 20.6 Å². The Morgan fingerprint density at radius 2 is 2.10 bits per heavy atom. The Morgan fingerprint density at radius 3 is 2.95 bits per heavy atom. The van der Waals surface area contributed by atoms with Gasteiger partial charge in [0.2, 0.25) is 0 Å². The van der Waals surface area contributed by atoms with Gasteiger partial charge in [-0.05, 0) is 55.6 Å². The Kier molecular flexibility index (Phi) is 3.24. The predicted molar refractivity (Wildman–Crippen MR) is 85.5 cm³/mol. The van der Waals surface area contributed by atoms with Gasteiger partial charge in [0.1, 0.15) is 0 Å². The normalized spacial score (nSPS) is 30.3. The minimum absolute atomic E-state index is 0.295. The van der Waals surface area contributed by atoms with E-state index in [0.717, 1.165) is 25.8 Å². The fraction of sp³-hybridized carbons (Fsp3) is 0.474. The molecule has 0 radical (unpaired) electrons. The zero-order valence-corrected chi connectivity index (χ0v) is 12.9. The topological polar surface area (TPSA) is 12.5 Å². The molecule has 3 aliphatic rings. The monoisotopic (exact) mass is 281 g/mol. The lowest BCUT2D eigenvalue weighted by molar-refractivity contribution is 0.0453. The summed E-state index contributed by atoms with van der Waals surface area (Å²) in [6.07, 6.45) is 8.58. The van der Waals surface area contributed by atoms with E-state index < -0.39 is 0 Å². The van der Waals surface area contributed by atoms with E-state index in [1.807, 2.05) is 0 Å². The molecule has 1 fully saturated rings. The number of hydrogen-bond acceptors (Lipinski definition) is 2. The van der Waals surface area contributed by atoms with Gasteiger partial charge in [-0.25, -0.2) is 0 Å². The van der Waals surface area contributed by atoms with Crippen LogP contribution in [0.1, 0.15) is 29.9 Å². The van der Waals surface area contributed by atoms with Crippen LogP contribution in [0.5, 0.6) is 0 Å².